The molecule has 0 spiro atoms. The van der Waals surface area contributed by atoms with E-state index in [-0.39, 0.29) is 92.0 Å². The number of hydrogen-bond donors (Lipinski definition) is 0. The van der Waals surface area contributed by atoms with Crippen LogP contribution in [-0.4, -0.2) is 89.7 Å². The second-order valence-electron chi connectivity index (χ2n) is 44.1. The molecular weight excluding hydrogens is 1730 g/mol. The molecule has 6 aromatic heterocycles. The van der Waals surface area contributed by atoms with Gasteiger partial charge < -0.3 is 68.7 Å². The van der Waals surface area contributed by atoms with E-state index in [0.717, 1.165) is 121 Å². The van der Waals surface area contributed by atoms with Crippen LogP contribution in [0.2, 0.25) is 36.3 Å². The number of hydrogen-bond acceptors (Lipinski definition) is 14. The van der Waals surface area contributed by atoms with Crippen molar-refractivity contribution in [1.29, 1.82) is 0 Å². The Balaban J connectivity index is 0.00000618. The summed E-state index contributed by atoms with van der Waals surface area (Å²) in [5, 5.41) is 6.39. The molecule has 0 amide bonds. The molecule has 0 N–H and O–H groups in total. The summed E-state index contributed by atoms with van der Waals surface area (Å²) < 4.78 is 14.6. The minimum absolute atomic E-state index is 0. The Morgan fingerprint density at radius 3 is 0.685 bits per heavy atom. The first-order valence-electron chi connectivity index (χ1n) is 44.5. The normalized spacial score (nSPS) is 13.4. The maximum absolute atomic E-state index is 7.28. The van der Waals surface area contributed by atoms with Gasteiger partial charge in [-0.3, -0.25) is 0 Å². The monoisotopic (exact) mass is 1840 g/mol. The Kier molecular flexibility index (Phi) is 22.9. The van der Waals surface area contributed by atoms with Gasteiger partial charge in [0, 0.05) is 112 Å². The van der Waals surface area contributed by atoms with Crippen LogP contribution >= 0.6 is 0 Å². The van der Waals surface area contributed by atoms with Crippen molar-refractivity contribution in [3.63, 3.8) is 0 Å². The van der Waals surface area contributed by atoms with E-state index in [1.807, 2.05) is 24.3 Å². The van der Waals surface area contributed by atoms with Crippen molar-refractivity contribution in [3.05, 3.63) is 201 Å². The van der Waals surface area contributed by atoms with Crippen LogP contribution in [0.4, 0.5) is 0 Å². The van der Waals surface area contributed by atoms with Gasteiger partial charge in [0.2, 0.25) is 0 Å². The molecule has 655 valence electrons. The van der Waals surface area contributed by atoms with Crippen LogP contribution in [0.5, 0.6) is 0 Å². The fourth-order valence-corrected chi connectivity index (χ4v) is 17.8. The minimum Gasteiger partial charge on any atom is -0.412 e. The van der Waals surface area contributed by atoms with Gasteiger partial charge in [-0.05, 0) is 206 Å². The van der Waals surface area contributed by atoms with E-state index < -0.39 is 16.6 Å². The molecule has 10 heterocycles. The molecule has 18 nitrogen and oxygen atoms in total. The Bertz CT molecular complexity index is 7150. The molecule has 1 radical (unpaired) electrons. The van der Waals surface area contributed by atoms with Crippen LogP contribution in [-0.2, 0) is 77.6 Å². The van der Waals surface area contributed by atoms with Crippen molar-refractivity contribution in [2.75, 3.05) is 13.2 Å². The molecule has 8 aromatic carbocycles. The first-order chi connectivity index (χ1) is 59.8. The van der Waals surface area contributed by atoms with Crippen molar-refractivity contribution < 1.29 is 45.1 Å². The van der Waals surface area contributed by atoms with Crippen LogP contribution in [0, 0.1) is 23.7 Å². The summed E-state index contributed by atoms with van der Waals surface area (Å²) in [6.07, 6.45) is 0. The summed E-state index contributed by atoms with van der Waals surface area (Å²) in [5.74, 6) is 18.5. The van der Waals surface area contributed by atoms with Gasteiger partial charge in [0.05, 0.1) is 59.8 Å². The largest absolute Gasteiger partial charge is 2.00 e. The van der Waals surface area contributed by atoms with Gasteiger partial charge >= 0.3 is 36.3 Å². The second kappa shape index (κ2) is 32.4. The molecule has 4 aliphatic rings. The first kappa shape index (κ1) is 92.1. The number of rotatable bonds is 6. The van der Waals surface area contributed by atoms with Crippen molar-refractivity contribution in [2.45, 2.75) is 235 Å². The van der Waals surface area contributed by atoms with E-state index in [9.17, 15) is 0 Å². The zero-order valence-corrected chi connectivity index (χ0v) is 86.3. The average Bonchev–Trinajstić information content (AvgIpc) is 1.59. The predicted molar refractivity (Wildman–Crippen MR) is 527 cm³/mol. The molecule has 0 saturated heterocycles. The van der Waals surface area contributed by atoms with Gasteiger partial charge in [0.1, 0.15) is 0 Å². The van der Waals surface area contributed by atoms with Gasteiger partial charge in [-0.1, -0.05) is 275 Å². The van der Waals surface area contributed by atoms with Crippen molar-refractivity contribution in [1.82, 2.24) is 79.7 Å². The number of benzene rings is 8. The van der Waals surface area contributed by atoms with Gasteiger partial charge in [-0.25, -0.2) is 19.9 Å². The predicted octanol–water partition coefficient (Wildman–Crippen LogP) is 25.1. The maximum Gasteiger partial charge on any atom is 2.00 e. The Morgan fingerprint density at radius 1 is 0.254 bits per heavy atom. The van der Waals surface area contributed by atoms with Crippen molar-refractivity contribution in [3.8, 4) is 115 Å². The molecule has 16 bridgehead atoms. The summed E-state index contributed by atoms with van der Waals surface area (Å²) in [7, 11) is -4.95. The molecule has 14 aromatic rings. The number of nitrogens with zero attached hydrogens (tertiary/aromatic N) is 16. The average molecular weight is 1850 g/mol. The zero-order valence-electron chi connectivity index (χ0n) is 80.3. The van der Waals surface area contributed by atoms with Gasteiger partial charge in [0.15, 0.2) is 16.6 Å². The maximum atomic E-state index is 7.28. The molecule has 0 saturated carbocycles. The van der Waals surface area contributed by atoms with Crippen LogP contribution in [0.15, 0.2) is 157 Å². The minimum atomic E-state index is -2.48. The molecular formula is C108H112CoN16O2Si2Zn. The standard InChI is InChI=1S/C108H112N16O2Si2.Co.Zn/c1-101(2,3)63-35-43-71-79(51-63)97-115-87(71)111-93-77-49-59(31-41-69(77)85(109-93)113-95-81-53-65(103(7,8)9)37-45-73(81)89(117-95)121-99-83-55-67(105(13,14)15)39-47-75(83)91(119-97)123-99)29-33-61(57-125-127(25,26)107(19,20)21)62(58-126-128(27,28)108(22,23)24)34-30-60-32-42-70-78(50-60)94-110-86(70)114-96-82-54-66(104(10,11)12)38-46-74(82)90(118-96)122-100-84-56-68(106(16,17)18)40-48-76(84)92(124-100)120-98-80-52-64(102(4,5)6)36-44-72(80)88(112-94)116-98;;/h31-32,35-56H,57-58H2,1-28H3;;/q-4;2*+2/b62-61+;;. The molecule has 0 unspecified atom stereocenters. The summed E-state index contributed by atoms with van der Waals surface area (Å²) >= 11 is 0. The fraction of sp³-hybridized carbons (Fsp3) is 0.352. The Morgan fingerprint density at radius 2 is 0.454 bits per heavy atom. The third kappa shape index (κ3) is 17.3. The zero-order chi connectivity index (χ0) is 91.2. The third-order valence-corrected chi connectivity index (χ3v) is 35.4. The van der Waals surface area contributed by atoms with E-state index in [1.54, 1.807) is 0 Å². The van der Waals surface area contributed by atoms with E-state index in [1.165, 1.54) is 0 Å². The van der Waals surface area contributed by atoms with Gasteiger partial charge in [0.25, 0.3) is 0 Å². The van der Waals surface area contributed by atoms with Crippen LogP contribution in [0.1, 0.15) is 211 Å². The molecule has 0 fully saturated rings. The molecule has 130 heavy (non-hydrogen) atoms. The van der Waals surface area contributed by atoms with Crippen LogP contribution < -0.4 is 19.9 Å². The fourth-order valence-electron chi connectivity index (χ4n) is 15.9. The van der Waals surface area contributed by atoms with Crippen LogP contribution in [0.25, 0.3) is 179 Å². The Hall–Kier alpha value is -11.2. The SMILES string of the molecule is CC(C)(C)c1ccc2c(c1)-c1nc-2nc2[n-]c(nc3nc(nc4[n-]c(n1)c1ccc(C(C)(C)C)cc41)-c1ccc(C#C/C(CO[Si](C)(C)C(C)(C)C)=C(/C#Cc4ccc5c(c4)-c4nc-5nc5[n-]c(nc6nc(nc7[n-]c(n4)c4ccc(C(C)(C)C)cc74)-c4ccc(C(C)(C)C)cc4-6)c4ccc(C(C)(C)C)cc54)CO[Si](C)(C)C(C)(C)C)cc1-3)c1ccc(C(C)(C)C)cc21.[Co+2].[Zn+2]. The van der Waals surface area contributed by atoms with E-state index >= 15 is 0 Å². The molecule has 0 aliphatic carbocycles. The smallest absolute Gasteiger partial charge is 0.412 e. The van der Waals surface area contributed by atoms with Crippen molar-refractivity contribution >= 4 is 105 Å². The summed E-state index contributed by atoms with van der Waals surface area (Å²) in [6.45, 7) is 62.8. The van der Waals surface area contributed by atoms with E-state index in [4.69, 9.17) is 88.6 Å². The first-order valence-corrected chi connectivity index (χ1v) is 50.3. The van der Waals surface area contributed by atoms with Crippen LogP contribution in [0.3, 0.4) is 0 Å². The number of fused-ring (bicyclic) bond motifs is 40. The summed E-state index contributed by atoms with van der Waals surface area (Å²) in [4.78, 5) is 86.3. The Labute approximate surface area is 788 Å². The number of aromatic nitrogens is 16. The second-order valence-corrected chi connectivity index (χ2v) is 53.7. The molecule has 0 atom stereocenters. The van der Waals surface area contributed by atoms with E-state index in [0.29, 0.717) is 114 Å². The molecule has 18 rings (SSSR count). The summed E-state index contributed by atoms with van der Waals surface area (Å²) in [5.41, 5.74) is 18.7. The third-order valence-electron chi connectivity index (χ3n) is 26.4. The quantitative estimate of drug-likeness (QED) is 0.111. The molecule has 4 aliphatic heterocycles. The van der Waals surface area contributed by atoms with E-state index in [2.05, 4.69) is 337 Å². The van der Waals surface area contributed by atoms with Gasteiger partial charge in [-0.2, -0.15) is 0 Å². The van der Waals surface area contributed by atoms with Gasteiger partial charge in [-0.15, -0.1) is 0 Å². The topological polar surface area (TPSA) is 230 Å². The molecule has 22 heteroatoms. The summed E-state index contributed by atoms with van der Waals surface area (Å²) in [6, 6.07) is 51.0. The van der Waals surface area contributed by atoms with Crippen molar-refractivity contribution in [2.24, 2.45) is 0 Å².